The van der Waals surface area contributed by atoms with Crippen molar-refractivity contribution < 1.29 is 0 Å². The Morgan fingerprint density at radius 2 is 1.29 bits per heavy atom. The fourth-order valence-electron chi connectivity index (χ4n) is 6.95. The molecule has 0 N–H and O–H groups in total. The molecule has 0 radical (unpaired) electrons. The zero-order valence-electron chi connectivity index (χ0n) is 16.1. The summed E-state index contributed by atoms with van der Waals surface area (Å²) >= 11 is 0. The Balaban J connectivity index is 2.40. The van der Waals surface area contributed by atoms with Gasteiger partial charge in [-0.25, -0.2) is 0 Å². The maximum Gasteiger partial charge on any atom is -0.0282 e. The molecule has 0 nitrogen and oxygen atoms in total. The number of rotatable bonds is 1. The van der Waals surface area contributed by atoms with Gasteiger partial charge in [0.25, 0.3) is 0 Å². The van der Waals surface area contributed by atoms with Crippen LogP contribution in [0.4, 0.5) is 0 Å². The number of fused-ring (bicyclic) bond motifs is 1. The normalized spacial score (nSPS) is 41.7. The average molecular weight is 293 g/mol. The molecule has 3 unspecified atom stereocenters. The van der Waals surface area contributed by atoms with Crippen LogP contribution >= 0.6 is 0 Å². The van der Waals surface area contributed by atoms with E-state index < -0.39 is 0 Å². The number of hydrogen-bond acceptors (Lipinski definition) is 0. The zero-order valence-corrected chi connectivity index (χ0v) is 16.1. The Morgan fingerprint density at radius 1 is 0.762 bits per heavy atom. The van der Waals surface area contributed by atoms with Crippen LogP contribution in [0.15, 0.2) is 0 Å². The SMILES string of the molecule is CCC1(C)CCC2CCC(C)(C)CC(C)(C)C2C(C)(C)C1. The third kappa shape index (κ3) is 3.50. The Bertz CT molecular complexity index is 373. The molecule has 2 saturated carbocycles. The van der Waals surface area contributed by atoms with Gasteiger partial charge >= 0.3 is 0 Å². The molecule has 0 spiro atoms. The summed E-state index contributed by atoms with van der Waals surface area (Å²) in [7, 11) is 0. The first-order chi connectivity index (χ1) is 9.41. The van der Waals surface area contributed by atoms with Crippen molar-refractivity contribution in [2.75, 3.05) is 0 Å². The Morgan fingerprint density at radius 3 is 1.86 bits per heavy atom. The zero-order chi connectivity index (χ0) is 16.1. The second kappa shape index (κ2) is 5.27. The van der Waals surface area contributed by atoms with E-state index in [0.29, 0.717) is 21.7 Å². The Labute approximate surface area is 134 Å². The molecule has 21 heavy (non-hydrogen) atoms. The predicted molar refractivity (Wildman–Crippen MR) is 94.4 cm³/mol. The topological polar surface area (TPSA) is 0 Å². The van der Waals surface area contributed by atoms with Gasteiger partial charge in [0.1, 0.15) is 0 Å². The van der Waals surface area contributed by atoms with Crippen molar-refractivity contribution in [2.45, 2.75) is 100 Å². The van der Waals surface area contributed by atoms with Gasteiger partial charge in [0.15, 0.2) is 0 Å². The van der Waals surface area contributed by atoms with Crippen molar-refractivity contribution in [2.24, 2.45) is 33.5 Å². The molecule has 0 heteroatoms. The minimum atomic E-state index is 0.479. The lowest BCUT2D eigenvalue weighted by molar-refractivity contribution is 0.00119. The van der Waals surface area contributed by atoms with E-state index in [9.17, 15) is 0 Å². The fourth-order valence-corrected chi connectivity index (χ4v) is 6.95. The highest BCUT2D eigenvalue weighted by Crippen LogP contribution is 2.61. The monoisotopic (exact) mass is 292 g/mol. The summed E-state index contributed by atoms with van der Waals surface area (Å²) in [6, 6.07) is 0. The van der Waals surface area contributed by atoms with E-state index >= 15 is 0 Å². The first-order valence-corrected chi connectivity index (χ1v) is 9.41. The molecule has 2 rings (SSSR count). The molecule has 0 saturated heterocycles. The fraction of sp³-hybridized carbons (Fsp3) is 1.00. The van der Waals surface area contributed by atoms with Crippen LogP contribution in [-0.2, 0) is 0 Å². The van der Waals surface area contributed by atoms with E-state index in [-0.39, 0.29) is 0 Å². The standard InChI is InChI=1S/C21H40/c1-9-21(8)13-11-16-10-12-18(2,3)14-19(4,5)17(16)20(6,7)15-21/h16-17H,9-15H2,1-8H3. The number of hydrogen-bond donors (Lipinski definition) is 0. The van der Waals surface area contributed by atoms with E-state index in [1.165, 1.54) is 44.9 Å². The van der Waals surface area contributed by atoms with Crippen LogP contribution in [0, 0.1) is 33.5 Å². The highest BCUT2D eigenvalue weighted by atomic mass is 14.6. The van der Waals surface area contributed by atoms with Crippen LogP contribution < -0.4 is 0 Å². The minimum Gasteiger partial charge on any atom is -0.0649 e. The molecule has 0 aliphatic heterocycles. The van der Waals surface area contributed by atoms with E-state index in [2.05, 4.69) is 55.4 Å². The van der Waals surface area contributed by atoms with Crippen molar-refractivity contribution in [3.63, 3.8) is 0 Å². The lowest BCUT2D eigenvalue weighted by Gasteiger charge is -2.49. The third-order valence-electron chi connectivity index (χ3n) is 7.14. The highest BCUT2D eigenvalue weighted by Gasteiger charge is 2.52. The molecular weight excluding hydrogens is 252 g/mol. The average Bonchev–Trinajstić information content (AvgIpc) is 2.45. The predicted octanol–water partition coefficient (Wildman–Crippen LogP) is 7.08. The summed E-state index contributed by atoms with van der Waals surface area (Å²) in [5.41, 5.74) is 2.06. The molecule has 3 atom stereocenters. The van der Waals surface area contributed by atoms with E-state index in [1.807, 2.05) is 0 Å². The minimum absolute atomic E-state index is 0.479. The lowest BCUT2D eigenvalue weighted by atomic mass is 9.56. The molecule has 0 bridgehead atoms. The molecule has 0 heterocycles. The van der Waals surface area contributed by atoms with Crippen molar-refractivity contribution in [1.82, 2.24) is 0 Å². The highest BCUT2D eigenvalue weighted by molar-refractivity contribution is 5.02. The van der Waals surface area contributed by atoms with E-state index in [0.717, 1.165) is 11.8 Å². The Kier molecular flexibility index (Phi) is 4.36. The van der Waals surface area contributed by atoms with Crippen LogP contribution in [-0.4, -0.2) is 0 Å². The Hall–Kier alpha value is 0. The van der Waals surface area contributed by atoms with E-state index in [4.69, 9.17) is 0 Å². The maximum atomic E-state index is 2.59. The summed E-state index contributed by atoms with van der Waals surface area (Å²) in [5.74, 6) is 1.84. The maximum absolute atomic E-state index is 2.59. The van der Waals surface area contributed by atoms with Gasteiger partial charge < -0.3 is 0 Å². The van der Waals surface area contributed by atoms with Gasteiger partial charge in [0.2, 0.25) is 0 Å². The molecule has 2 fully saturated rings. The summed E-state index contributed by atoms with van der Waals surface area (Å²) in [6.07, 6.45) is 9.97. The van der Waals surface area contributed by atoms with E-state index in [1.54, 1.807) is 0 Å². The molecule has 0 amide bonds. The summed E-state index contributed by atoms with van der Waals surface area (Å²) < 4.78 is 0. The van der Waals surface area contributed by atoms with Crippen molar-refractivity contribution in [3.8, 4) is 0 Å². The largest absolute Gasteiger partial charge is 0.0649 e. The smallest absolute Gasteiger partial charge is 0.0282 e. The molecule has 0 aromatic heterocycles. The van der Waals surface area contributed by atoms with Crippen LogP contribution in [0.1, 0.15) is 100 Å². The second-order valence-electron chi connectivity index (χ2n) is 11.0. The van der Waals surface area contributed by atoms with Gasteiger partial charge in [-0.3, -0.25) is 0 Å². The second-order valence-corrected chi connectivity index (χ2v) is 11.0. The van der Waals surface area contributed by atoms with Crippen LogP contribution in [0.5, 0.6) is 0 Å². The summed E-state index contributed by atoms with van der Waals surface area (Å²) in [6.45, 7) is 20.3. The van der Waals surface area contributed by atoms with Gasteiger partial charge in [0, 0.05) is 0 Å². The van der Waals surface area contributed by atoms with Crippen molar-refractivity contribution in [3.05, 3.63) is 0 Å². The molecular formula is C21H40. The van der Waals surface area contributed by atoms with Gasteiger partial charge in [-0.05, 0) is 72.0 Å². The lowest BCUT2D eigenvalue weighted by Crippen LogP contribution is -2.41. The van der Waals surface area contributed by atoms with Gasteiger partial charge in [0.05, 0.1) is 0 Å². The summed E-state index contributed by atoms with van der Waals surface area (Å²) in [5, 5.41) is 0. The van der Waals surface area contributed by atoms with Gasteiger partial charge in [-0.2, -0.15) is 0 Å². The first kappa shape index (κ1) is 17.4. The first-order valence-electron chi connectivity index (χ1n) is 9.41. The van der Waals surface area contributed by atoms with Crippen LogP contribution in [0.25, 0.3) is 0 Å². The molecule has 2 aliphatic carbocycles. The van der Waals surface area contributed by atoms with Crippen LogP contribution in [0.3, 0.4) is 0 Å². The van der Waals surface area contributed by atoms with Gasteiger partial charge in [-0.15, -0.1) is 0 Å². The molecule has 0 aromatic carbocycles. The van der Waals surface area contributed by atoms with Crippen LogP contribution in [0.2, 0.25) is 0 Å². The molecule has 2 aliphatic rings. The van der Waals surface area contributed by atoms with Crippen molar-refractivity contribution in [1.29, 1.82) is 0 Å². The third-order valence-corrected chi connectivity index (χ3v) is 7.14. The summed E-state index contributed by atoms with van der Waals surface area (Å²) in [4.78, 5) is 0. The molecule has 0 aromatic rings. The molecule has 124 valence electrons. The van der Waals surface area contributed by atoms with Crippen molar-refractivity contribution >= 4 is 0 Å². The quantitative estimate of drug-likeness (QED) is 0.484. The van der Waals surface area contributed by atoms with Gasteiger partial charge in [-0.1, -0.05) is 61.8 Å².